The summed E-state index contributed by atoms with van der Waals surface area (Å²) in [5, 5.41) is 12.6. The number of urea groups is 1. The zero-order chi connectivity index (χ0) is 23.4. The summed E-state index contributed by atoms with van der Waals surface area (Å²) >= 11 is 0. The summed E-state index contributed by atoms with van der Waals surface area (Å²) in [5.74, 6) is -0.0126. The van der Waals surface area contributed by atoms with E-state index in [1.165, 1.54) is 12.0 Å². The van der Waals surface area contributed by atoms with E-state index in [2.05, 4.69) is 20.8 Å². The zero-order valence-electron chi connectivity index (χ0n) is 18.0. The van der Waals surface area contributed by atoms with Gasteiger partial charge in [0.25, 0.3) is 11.8 Å². The molecule has 4 amide bonds. The van der Waals surface area contributed by atoms with Gasteiger partial charge in [0.2, 0.25) is 0 Å². The fourth-order valence-corrected chi connectivity index (χ4v) is 4.57. The molecule has 2 aromatic heterocycles. The summed E-state index contributed by atoms with van der Waals surface area (Å²) in [5.41, 5.74) is 2.04. The molecule has 2 aliphatic rings. The number of hydrogen-bond acceptors (Lipinski definition) is 6. The Morgan fingerprint density at radius 2 is 2.00 bits per heavy atom. The van der Waals surface area contributed by atoms with E-state index < -0.39 is 17.5 Å². The highest BCUT2D eigenvalue weighted by Gasteiger charge is 2.53. The monoisotopic (exact) mass is 457 g/mol. The molecule has 3 N–H and O–H groups in total. The maximum absolute atomic E-state index is 13.1. The van der Waals surface area contributed by atoms with Crippen molar-refractivity contribution in [2.24, 2.45) is 0 Å². The van der Waals surface area contributed by atoms with Gasteiger partial charge in [-0.3, -0.25) is 20.0 Å². The van der Waals surface area contributed by atoms with Crippen molar-refractivity contribution >= 4 is 28.8 Å². The third kappa shape index (κ3) is 2.95. The summed E-state index contributed by atoms with van der Waals surface area (Å²) in [6, 6.07) is 13.8. The van der Waals surface area contributed by atoms with Crippen LogP contribution in [0.1, 0.15) is 21.7 Å². The molecule has 1 atom stereocenters. The summed E-state index contributed by atoms with van der Waals surface area (Å²) in [7, 11) is 1.53. The second-order valence-electron chi connectivity index (χ2n) is 8.33. The largest absolute Gasteiger partial charge is 0.497 e. The van der Waals surface area contributed by atoms with E-state index in [0.717, 1.165) is 22.2 Å². The van der Waals surface area contributed by atoms with Crippen LogP contribution in [-0.2, 0) is 16.9 Å². The molecule has 10 heteroatoms. The predicted octanol–water partition coefficient (Wildman–Crippen LogP) is 2.52. The van der Waals surface area contributed by atoms with Crippen molar-refractivity contribution in [1.82, 2.24) is 25.7 Å². The van der Waals surface area contributed by atoms with Crippen LogP contribution >= 0.6 is 0 Å². The first-order valence-electron chi connectivity index (χ1n) is 10.6. The van der Waals surface area contributed by atoms with Crippen LogP contribution in [0, 0.1) is 0 Å². The number of benzene rings is 2. The first-order chi connectivity index (χ1) is 16.5. The van der Waals surface area contributed by atoms with Gasteiger partial charge in [-0.1, -0.05) is 6.07 Å². The van der Waals surface area contributed by atoms with E-state index in [9.17, 15) is 14.4 Å². The number of hydrogen-bond donors (Lipinski definition) is 3. The van der Waals surface area contributed by atoms with E-state index in [1.807, 2.05) is 24.3 Å². The first kappa shape index (κ1) is 20.0. The number of rotatable bonds is 5. The molecule has 0 radical (unpaired) electrons. The maximum Gasteiger partial charge on any atom is 0.322 e. The van der Waals surface area contributed by atoms with E-state index in [0.29, 0.717) is 23.4 Å². The molecule has 4 aromatic rings. The molecule has 2 aliphatic heterocycles. The lowest BCUT2D eigenvalue weighted by Gasteiger charge is -2.29. The van der Waals surface area contributed by atoms with Crippen LogP contribution in [0.4, 0.5) is 4.79 Å². The van der Waals surface area contributed by atoms with Crippen molar-refractivity contribution in [1.29, 1.82) is 0 Å². The molecule has 1 fully saturated rings. The van der Waals surface area contributed by atoms with Crippen molar-refractivity contribution in [2.45, 2.75) is 12.1 Å². The van der Waals surface area contributed by atoms with Gasteiger partial charge in [0.15, 0.2) is 5.54 Å². The molecule has 34 heavy (non-hydrogen) atoms. The van der Waals surface area contributed by atoms with Crippen LogP contribution < -0.4 is 15.4 Å². The molecule has 6 rings (SSSR count). The number of imide groups is 1. The number of carbonyl (C=O) groups is 3. The fraction of sp³-hybridized carbons (Fsp3) is 0.167. The van der Waals surface area contributed by atoms with Gasteiger partial charge >= 0.3 is 6.03 Å². The normalized spacial score (nSPS) is 19.4. The predicted molar refractivity (Wildman–Crippen MR) is 120 cm³/mol. The number of carbonyl (C=O) groups excluding carboxylic acids is 3. The molecular weight excluding hydrogens is 438 g/mol. The minimum Gasteiger partial charge on any atom is -0.497 e. The second kappa shape index (κ2) is 7.20. The van der Waals surface area contributed by atoms with Gasteiger partial charge in [0.05, 0.1) is 19.3 Å². The number of methoxy groups -OCH3 is 1. The van der Waals surface area contributed by atoms with Crippen molar-refractivity contribution in [3.63, 3.8) is 0 Å². The number of H-pyrrole nitrogens is 1. The number of ether oxygens (including phenoxy) is 1. The zero-order valence-corrected chi connectivity index (χ0v) is 18.0. The minimum absolute atomic E-state index is 0.0897. The van der Waals surface area contributed by atoms with Crippen LogP contribution in [0.5, 0.6) is 5.75 Å². The molecular formula is C24H19N5O5. The van der Waals surface area contributed by atoms with Gasteiger partial charge in [-0.15, -0.1) is 0 Å². The Labute approximate surface area is 192 Å². The number of fused-ring (bicyclic) bond motifs is 2. The number of nitrogens with zero attached hydrogens (tertiary/aromatic N) is 2. The lowest BCUT2D eigenvalue weighted by Crippen LogP contribution is -2.52. The minimum atomic E-state index is -1.56. The molecule has 1 unspecified atom stereocenters. The third-order valence-corrected chi connectivity index (χ3v) is 6.31. The number of furan rings is 1. The third-order valence-electron chi connectivity index (χ3n) is 6.31. The van der Waals surface area contributed by atoms with Crippen LogP contribution in [0.3, 0.4) is 0 Å². The van der Waals surface area contributed by atoms with E-state index >= 15 is 0 Å². The van der Waals surface area contributed by atoms with Crippen LogP contribution in [0.15, 0.2) is 59.1 Å². The van der Waals surface area contributed by atoms with E-state index in [-0.39, 0.29) is 18.2 Å². The Bertz CT molecular complexity index is 1470. The van der Waals surface area contributed by atoms with Crippen LogP contribution in [-0.4, -0.2) is 46.6 Å². The van der Waals surface area contributed by atoms with Gasteiger partial charge < -0.3 is 19.4 Å². The average Bonchev–Trinajstić information content (AvgIpc) is 3.61. The van der Waals surface area contributed by atoms with Crippen molar-refractivity contribution in [3.8, 4) is 17.0 Å². The Balaban J connectivity index is 1.39. The van der Waals surface area contributed by atoms with Gasteiger partial charge in [0, 0.05) is 29.3 Å². The highest BCUT2D eigenvalue weighted by atomic mass is 16.5. The molecule has 0 aliphatic carbocycles. The number of aromatic nitrogens is 2. The number of amides is 4. The molecule has 0 spiro atoms. The SMILES string of the molecule is COc1ccc2c(c1)C(=O)N(CC1(c3cc4cc(-c5ccn[nH]5)ccc4o3)NC(=O)NC1=O)C2. The average molecular weight is 457 g/mol. The molecule has 0 bridgehead atoms. The Morgan fingerprint density at radius 3 is 2.74 bits per heavy atom. The van der Waals surface area contributed by atoms with Gasteiger partial charge in [-0.25, -0.2) is 4.79 Å². The van der Waals surface area contributed by atoms with Gasteiger partial charge in [-0.05, 0) is 48.0 Å². The van der Waals surface area contributed by atoms with Gasteiger partial charge in [-0.2, -0.15) is 5.10 Å². The number of aromatic amines is 1. The van der Waals surface area contributed by atoms with Crippen molar-refractivity contribution < 1.29 is 23.5 Å². The summed E-state index contributed by atoms with van der Waals surface area (Å²) in [4.78, 5) is 40.0. The topological polar surface area (TPSA) is 130 Å². The van der Waals surface area contributed by atoms with Crippen molar-refractivity contribution in [2.75, 3.05) is 13.7 Å². The summed E-state index contributed by atoms with van der Waals surface area (Å²) in [6.07, 6.45) is 1.66. The van der Waals surface area contributed by atoms with Crippen molar-refractivity contribution in [3.05, 3.63) is 71.6 Å². The molecule has 0 saturated carbocycles. The smallest absolute Gasteiger partial charge is 0.322 e. The summed E-state index contributed by atoms with van der Waals surface area (Å²) < 4.78 is 11.3. The van der Waals surface area contributed by atoms with E-state index in [4.69, 9.17) is 9.15 Å². The van der Waals surface area contributed by atoms with E-state index in [1.54, 1.807) is 30.5 Å². The fourth-order valence-electron chi connectivity index (χ4n) is 4.57. The Kier molecular flexibility index (Phi) is 4.25. The molecule has 10 nitrogen and oxygen atoms in total. The van der Waals surface area contributed by atoms with Crippen LogP contribution in [0.25, 0.3) is 22.2 Å². The quantitative estimate of drug-likeness (QED) is 0.395. The standard InChI is InChI=1S/C24H19N5O5/c1-33-16-4-2-14-11-29(21(30)17(14)10-16)12-24(22(31)26-23(32)27-24)20-9-15-8-13(3-5-19(15)34-20)18-6-7-25-28-18/h2-10H,11-12H2,1H3,(H,25,28)(H2,26,27,31,32). The number of nitrogens with one attached hydrogen (secondary N) is 3. The Hall–Kier alpha value is -4.60. The first-order valence-corrected chi connectivity index (χ1v) is 10.6. The second-order valence-corrected chi connectivity index (χ2v) is 8.33. The maximum atomic E-state index is 13.1. The lowest BCUT2D eigenvalue weighted by atomic mass is 9.95. The highest BCUT2D eigenvalue weighted by Crippen LogP contribution is 2.36. The molecule has 1 saturated heterocycles. The van der Waals surface area contributed by atoms with Gasteiger partial charge in [0.1, 0.15) is 17.1 Å². The lowest BCUT2D eigenvalue weighted by molar-refractivity contribution is -0.125. The Morgan fingerprint density at radius 1 is 1.12 bits per heavy atom. The highest BCUT2D eigenvalue weighted by molar-refractivity contribution is 6.08. The molecule has 2 aromatic carbocycles. The summed E-state index contributed by atoms with van der Waals surface area (Å²) in [6.45, 7) is 0.209. The molecule has 170 valence electrons. The van der Waals surface area contributed by atoms with Crippen LogP contribution in [0.2, 0.25) is 0 Å². The molecule has 4 heterocycles.